The Bertz CT molecular complexity index is 1120. The third kappa shape index (κ3) is 5.24. The van der Waals surface area contributed by atoms with Crippen molar-refractivity contribution < 1.29 is 24.2 Å². The van der Waals surface area contributed by atoms with E-state index in [-0.39, 0.29) is 23.7 Å². The van der Waals surface area contributed by atoms with Crippen molar-refractivity contribution in [1.82, 2.24) is 0 Å². The molecular formula is C23H23IN2O5S. The van der Waals surface area contributed by atoms with E-state index in [9.17, 15) is 20.0 Å². The molecule has 168 valence electrons. The van der Waals surface area contributed by atoms with Crippen LogP contribution in [0.1, 0.15) is 53.1 Å². The maximum atomic E-state index is 12.9. The number of anilines is 1. The smallest absolute Gasteiger partial charge is 0.341 e. The van der Waals surface area contributed by atoms with Gasteiger partial charge in [-0.1, -0.05) is 0 Å². The molecule has 0 atom stereocenters. The van der Waals surface area contributed by atoms with Gasteiger partial charge >= 0.3 is 5.97 Å². The Kier molecular flexibility index (Phi) is 8.15. The molecule has 7 nitrogen and oxygen atoms in total. The molecule has 1 aliphatic rings. The SMILES string of the molecule is CCOC(=O)c1c(NC(=O)/C(C#N)=C/c2cc(I)c(O)c(OCC)c2)sc2c1CCCC2. The highest BCUT2D eigenvalue weighted by Gasteiger charge is 2.27. The molecule has 3 rings (SSSR count). The fraction of sp³-hybridized carbons (Fsp3) is 0.348. The number of thiophene rings is 1. The number of fused-ring (bicyclic) bond motifs is 1. The van der Waals surface area contributed by atoms with Crippen molar-refractivity contribution in [3.63, 3.8) is 0 Å². The number of hydrogen-bond acceptors (Lipinski definition) is 7. The van der Waals surface area contributed by atoms with E-state index in [1.54, 1.807) is 26.0 Å². The summed E-state index contributed by atoms with van der Waals surface area (Å²) in [6, 6.07) is 5.14. The molecule has 0 saturated heterocycles. The lowest BCUT2D eigenvalue weighted by Crippen LogP contribution is -2.16. The largest absolute Gasteiger partial charge is 0.504 e. The molecule has 0 spiro atoms. The number of carbonyl (C=O) groups is 2. The van der Waals surface area contributed by atoms with Crippen LogP contribution in [-0.2, 0) is 22.4 Å². The maximum absolute atomic E-state index is 12.9. The summed E-state index contributed by atoms with van der Waals surface area (Å²) in [7, 11) is 0. The second-order valence-corrected chi connectivity index (χ2v) is 9.31. The quantitative estimate of drug-likeness (QED) is 0.210. The van der Waals surface area contributed by atoms with E-state index < -0.39 is 11.9 Å². The molecule has 0 bridgehead atoms. The number of esters is 1. The summed E-state index contributed by atoms with van der Waals surface area (Å²) < 4.78 is 11.2. The van der Waals surface area contributed by atoms with Gasteiger partial charge in [0.2, 0.25) is 0 Å². The van der Waals surface area contributed by atoms with Gasteiger partial charge in [-0.25, -0.2) is 4.79 Å². The molecule has 9 heteroatoms. The van der Waals surface area contributed by atoms with Gasteiger partial charge in [0.15, 0.2) is 11.5 Å². The van der Waals surface area contributed by atoms with Crippen LogP contribution in [0.4, 0.5) is 5.00 Å². The van der Waals surface area contributed by atoms with Crippen LogP contribution < -0.4 is 10.1 Å². The van der Waals surface area contributed by atoms with Crippen LogP contribution >= 0.6 is 33.9 Å². The molecule has 0 aliphatic heterocycles. The third-order valence-electron chi connectivity index (χ3n) is 4.90. The first-order valence-electron chi connectivity index (χ1n) is 10.3. The van der Waals surface area contributed by atoms with E-state index >= 15 is 0 Å². The fourth-order valence-corrected chi connectivity index (χ4v) is 5.40. The van der Waals surface area contributed by atoms with E-state index in [0.29, 0.717) is 26.3 Å². The first-order chi connectivity index (χ1) is 15.4. The molecule has 32 heavy (non-hydrogen) atoms. The predicted molar refractivity (Wildman–Crippen MR) is 131 cm³/mol. The van der Waals surface area contributed by atoms with Gasteiger partial charge in [0.05, 0.1) is 22.3 Å². The van der Waals surface area contributed by atoms with Gasteiger partial charge in [-0.15, -0.1) is 11.3 Å². The van der Waals surface area contributed by atoms with Gasteiger partial charge < -0.3 is 19.9 Å². The number of halogens is 1. The summed E-state index contributed by atoms with van der Waals surface area (Å²) in [4.78, 5) is 26.6. The van der Waals surface area contributed by atoms with Crippen molar-refractivity contribution >= 4 is 56.9 Å². The monoisotopic (exact) mass is 566 g/mol. The summed E-state index contributed by atoms with van der Waals surface area (Å²) in [5.74, 6) is -0.786. The molecule has 1 amide bonds. The van der Waals surface area contributed by atoms with E-state index in [0.717, 1.165) is 36.1 Å². The van der Waals surface area contributed by atoms with Crippen LogP contribution in [-0.4, -0.2) is 30.2 Å². The Morgan fingerprint density at radius 2 is 2.03 bits per heavy atom. The summed E-state index contributed by atoms with van der Waals surface area (Å²) in [6.07, 6.45) is 5.07. The molecule has 1 aliphatic carbocycles. The summed E-state index contributed by atoms with van der Waals surface area (Å²) >= 11 is 3.33. The number of hydrogen-bond donors (Lipinski definition) is 2. The number of nitrogens with zero attached hydrogens (tertiary/aromatic N) is 1. The first kappa shape index (κ1) is 24.1. The standard InChI is InChI=1S/C23H23IN2O5S/c1-3-30-17-11-13(10-16(24)20(17)27)9-14(12-25)21(28)26-22-19(23(29)31-4-2)15-7-5-6-8-18(15)32-22/h9-11,27H,3-8H2,1-2H3,(H,26,28)/b14-9+. The Balaban J connectivity index is 1.93. The molecule has 0 radical (unpaired) electrons. The van der Waals surface area contributed by atoms with Crippen LogP contribution in [0.2, 0.25) is 0 Å². The number of aryl methyl sites for hydroxylation is 1. The number of aromatic hydroxyl groups is 1. The van der Waals surface area contributed by atoms with Gasteiger partial charge in [-0.2, -0.15) is 5.26 Å². The Morgan fingerprint density at radius 1 is 1.28 bits per heavy atom. The summed E-state index contributed by atoms with van der Waals surface area (Å²) in [5.41, 5.74) is 1.75. The Hall–Kier alpha value is -2.58. The van der Waals surface area contributed by atoms with Crippen molar-refractivity contribution in [2.75, 3.05) is 18.5 Å². The lowest BCUT2D eigenvalue weighted by molar-refractivity contribution is -0.112. The average molecular weight is 566 g/mol. The van der Waals surface area contributed by atoms with Crippen LogP contribution in [0, 0.1) is 14.9 Å². The van der Waals surface area contributed by atoms with Crippen LogP contribution in [0.25, 0.3) is 6.08 Å². The van der Waals surface area contributed by atoms with Gasteiger partial charge in [0, 0.05) is 4.88 Å². The minimum atomic E-state index is -0.613. The number of phenolic OH excluding ortho intramolecular Hbond substituents is 1. The average Bonchev–Trinajstić information content (AvgIpc) is 3.13. The molecule has 1 aromatic heterocycles. The molecule has 2 N–H and O–H groups in total. The summed E-state index contributed by atoms with van der Waals surface area (Å²) in [5, 5.41) is 22.9. The van der Waals surface area contributed by atoms with Gasteiger partial charge in [-0.3, -0.25) is 4.79 Å². The predicted octanol–water partition coefficient (Wildman–Crippen LogP) is 5.06. The lowest BCUT2D eigenvalue weighted by Gasteiger charge is -2.12. The van der Waals surface area contributed by atoms with Gasteiger partial charge in [-0.05, 0) is 91.5 Å². The van der Waals surface area contributed by atoms with Crippen molar-refractivity contribution in [1.29, 1.82) is 5.26 Å². The summed E-state index contributed by atoms with van der Waals surface area (Å²) in [6.45, 7) is 4.13. The third-order valence-corrected chi connectivity index (χ3v) is 6.93. The van der Waals surface area contributed by atoms with E-state index in [1.807, 2.05) is 28.7 Å². The number of nitriles is 1. The van der Waals surface area contributed by atoms with Crippen molar-refractivity contribution in [2.24, 2.45) is 0 Å². The zero-order valence-electron chi connectivity index (χ0n) is 17.8. The zero-order valence-corrected chi connectivity index (χ0v) is 20.8. The van der Waals surface area contributed by atoms with E-state index in [4.69, 9.17) is 9.47 Å². The minimum absolute atomic E-state index is 0.0100. The minimum Gasteiger partial charge on any atom is -0.504 e. The molecular weight excluding hydrogens is 543 g/mol. The number of phenols is 1. The Morgan fingerprint density at radius 3 is 2.72 bits per heavy atom. The molecule has 2 aromatic rings. The van der Waals surface area contributed by atoms with E-state index in [1.165, 1.54) is 17.4 Å². The topological polar surface area (TPSA) is 109 Å². The molecule has 1 heterocycles. The van der Waals surface area contributed by atoms with Crippen molar-refractivity contribution in [3.8, 4) is 17.6 Å². The maximum Gasteiger partial charge on any atom is 0.341 e. The molecule has 0 fully saturated rings. The Labute approximate surface area is 204 Å². The highest BCUT2D eigenvalue weighted by Crippen LogP contribution is 2.39. The number of benzene rings is 1. The van der Waals surface area contributed by atoms with E-state index in [2.05, 4.69) is 5.32 Å². The van der Waals surface area contributed by atoms with Gasteiger partial charge in [0.25, 0.3) is 5.91 Å². The highest BCUT2D eigenvalue weighted by molar-refractivity contribution is 14.1. The van der Waals surface area contributed by atoms with Gasteiger partial charge in [0.1, 0.15) is 16.6 Å². The molecule has 1 aromatic carbocycles. The molecule has 0 unspecified atom stereocenters. The van der Waals surface area contributed by atoms with Crippen molar-refractivity contribution in [3.05, 3.63) is 42.8 Å². The number of rotatable bonds is 7. The fourth-order valence-electron chi connectivity index (χ4n) is 3.50. The zero-order chi connectivity index (χ0) is 23.3. The van der Waals surface area contributed by atoms with Crippen molar-refractivity contribution in [2.45, 2.75) is 39.5 Å². The number of nitrogens with one attached hydrogen (secondary N) is 1. The first-order valence-corrected chi connectivity index (χ1v) is 12.2. The van der Waals surface area contributed by atoms with Crippen LogP contribution in [0.15, 0.2) is 17.7 Å². The molecule has 0 saturated carbocycles. The number of amides is 1. The number of ether oxygens (including phenoxy) is 2. The van der Waals surface area contributed by atoms with Crippen LogP contribution in [0.3, 0.4) is 0 Å². The second kappa shape index (κ2) is 10.8. The lowest BCUT2D eigenvalue weighted by atomic mass is 9.95. The van der Waals surface area contributed by atoms with Crippen LogP contribution in [0.5, 0.6) is 11.5 Å². The highest BCUT2D eigenvalue weighted by atomic mass is 127. The normalized spacial score (nSPS) is 13.1. The second-order valence-electron chi connectivity index (χ2n) is 7.04. The number of carbonyl (C=O) groups excluding carboxylic acids is 2.